The number of aromatic nitrogens is 4. The zero-order valence-corrected chi connectivity index (χ0v) is 19.7. The van der Waals surface area contributed by atoms with Crippen molar-refractivity contribution in [3.05, 3.63) is 70.8 Å². The number of hydrogen-bond donors (Lipinski definition) is 1. The molecule has 7 nitrogen and oxygen atoms in total. The number of nitrogens with zero attached hydrogens (tertiary/aromatic N) is 5. The molecule has 2 aromatic carbocycles. The first-order valence-electron chi connectivity index (χ1n) is 11.0. The van der Waals surface area contributed by atoms with Crippen LogP contribution < -0.4 is 15.0 Å². The zero-order valence-electron chi connectivity index (χ0n) is 19.7. The third-order valence-electron chi connectivity index (χ3n) is 5.70. The number of benzene rings is 2. The van der Waals surface area contributed by atoms with Gasteiger partial charge in [0.25, 0.3) is 0 Å². The first-order valence-corrected chi connectivity index (χ1v) is 11.0. The Morgan fingerprint density at radius 3 is 2.55 bits per heavy atom. The molecule has 0 spiro atoms. The average molecular weight is 449 g/mol. The van der Waals surface area contributed by atoms with Crippen LogP contribution in [0.1, 0.15) is 29.4 Å². The summed E-state index contributed by atoms with van der Waals surface area (Å²) in [5.74, 6) is 0.752. The molecular formula is C25H29FN6O. The van der Waals surface area contributed by atoms with E-state index < -0.39 is 5.82 Å². The van der Waals surface area contributed by atoms with Gasteiger partial charge in [0.05, 0.1) is 23.4 Å². The molecule has 0 aliphatic rings. The molecule has 0 aliphatic heterocycles. The van der Waals surface area contributed by atoms with Gasteiger partial charge in [-0.25, -0.2) is 9.07 Å². The third-order valence-corrected chi connectivity index (χ3v) is 5.70. The SMILES string of the molecule is CCOc1ccc(-n2nc3c(N(C)Cc4ccccc4CNC)nnc(C)c3c2C)c(F)c1. The van der Waals surface area contributed by atoms with Crippen molar-refractivity contribution in [2.45, 2.75) is 33.9 Å². The third kappa shape index (κ3) is 4.39. The second-order valence-corrected chi connectivity index (χ2v) is 8.03. The van der Waals surface area contributed by atoms with Gasteiger partial charge in [0.2, 0.25) is 0 Å². The van der Waals surface area contributed by atoms with Gasteiger partial charge in [-0.2, -0.15) is 10.2 Å². The highest BCUT2D eigenvalue weighted by Crippen LogP contribution is 2.31. The van der Waals surface area contributed by atoms with Crippen LogP contribution in [-0.4, -0.2) is 40.7 Å². The molecule has 0 radical (unpaired) electrons. The van der Waals surface area contributed by atoms with Crippen LogP contribution in [0.5, 0.6) is 5.75 Å². The summed E-state index contributed by atoms with van der Waals surface area (Å²) in [5.41, 5.74) is 5.04. The number of ether oxygens (including phenoxy) is 1. The van der Waals surface area contributed by atoms with Crippen molar-refractivity contribution in [1.29, 1.82) is 0 Å². The fourth-order valence-electron chi connectivity index (χ4n) is 4.12. The monoisotopic (exact) mass is 448 g/mol. The molecule has 33 heavy (non-hydrogen) atoms. The van der Waals surface area contributed by atoms with Crippen LogP contribution in [0, 0.1) is 19.7 Å². The van der Waals surface area contributed by atoms with Gasteiger partial charge in [0.1, 0.15) is 17.0 Å². The molecule has 8 heteroatoms. The molecule has 1 N–H and O–H groups in total. The second-order valence-electron chi connectivity index (χ2n) is 8.03. The summed E-state index contributed by atoms with van der Waals surface area (Å²) < 4.78 is 22.0. The Hall–Kier alpha value is -3.52. The predicted molar refractivity (Wildman–Crippen MR) is 129 cm³/mol. The summed E-state index contributed by atoms with van der Waals surface area (Å²) in [6.07, 6.45) is 0. The quantitative estimate of drug-likeness (QED) is 0.433. The van der Waals surface area contributed by atoms with E-state index in [1.54, 1.807) is 16.8 Å². The molecule has 2 heterocycles. The van der Waals surface area contributed by atoms with Gasteiger partial charge >= 0.3 is 0 Å². The van der Waals surface area contributed by atoms with Gasteiger partial charge in [-0.3, -0.25) is 0 Å². The highest BCUT2D eigenvalue weighted by Gasteiger charge is 2.21. The molecule has 0 unspecified atom stereocenters. The van der Waals surface area contributed by atoms with E-state index in [9.17, 15) is 4.39 Å². The summed E-state index contributed by atoms with van der Waals surface area (Å²) in [6.45, 7) is 7.60. The Morgan fingerprint density at radius 1 is 1.09 bits per heavy atom. The minimum Gasteiger partial charge on any atom is -0.494 e. The van der Waals surface area contributed by atoms with E-state index in [-0.39, 0.29) is 0 Å². The lowest BCUT2D eigenvalue weighted by Crippen LogP contribution is -2.20. The number of hydrogen-bond acceptors (Lipinski definition) is 6. The standard InChI is InChI=1S/C25H29FN6O/c1-6-33-20-11-12-22(21(26)13-20)32-17(3)23-16(2)28-29-25(24(23)30-32)31(5)15-19-10-8-7-9-18(19)14-27-4/h7-13,27H,6,14-15H2,1-5H3. The molecule has 0 atom stereocenters. The molecule has 0 bridgehead atoms. The van der Waals surface area contributed by atoms with Gasteiger partial charge < -0.3 is 15.0 Å². The molecule has 0 fully saturated rings. The molecule has 0 amide bonds. The van der Waals surface area contributed by atoms with E-state index in [0.29, 0.717) is 35.9 Å². The van der Waals surface area contributed by atoms with Crippen LogP contribution >= 0.6 is 0 Å². The fourth-order valence-corrected chi connectivity index (χ4v) is 4.12. The van der Waals surface area contributed by atoms with E-state index >= 15 is 0 Å². The molecule has 0 aliphatic carbocycles. The van der Waals surface area contributed by atoms with Crippen LogP contribution in [0.15, 0.2) is 42.5 Å². The van der Waals surface area contributed by atoms with Crippen molar-refractivity contribution in [3.63, 3.8) is 0 Å². The minimum atomic E-state index is -0.397. The van der Waals surface area contributed by atoms with Gasteiger partial charge in [0, 0.05) is 26.2 Å². The summed E-state index contributed by atoms with van der Waals surface area (Å²) in [4.78, 5) is 2.04. The first-order chi connectivity index (χ1) is 15.9. The zero-order chi connectivity index (χ0) is 23.5. The van der Waals surface area contributed by atoms with Crippen molar-refractivity contribution >= 4 is 16.7 Å². The summed E-state index contributed by atoms with van der Waals surface area (Å²) >= 11 is 0. The van der Waals surface area contributed by atoms with E-state index in [1.807, 2.05) is 51.9 Å². The molecule has 0 saturated heterocycles. The van der Waals surface area contributed by atoms with Gasteiger partial charge in [0.15, 0.2) is 11.6 Å². The molecule has 2 aromatic heterocycles. The normalized spacial score (nSPS) is 11.2. The van der Waals surface area contributed by atoms with Crippen LogP contribution in [0.2, 0.25) is 0 Å². The number of fused-ring (bicyclic) bond motifs is 1. The topological polar surface area (TPSA) is 68.1 Å². The Kier molecular flexibility index (Phi) is 6.55. The molecule has 4 rings (SSSR count). The van der Waals surface area contributed by atoms with Gasteiger partial charge in [-0.15, -0.1) is 5.10 Å². The Morgan fingerprint density at radius 2 is 1.85 bits per heavy atom. The summed E-state index contributed by atoms with van der Waals surface area (Å²) in [6, 6.07) is 13.1. The molecule has 4 aromatic rings. The first kappa shape index (κ1) is 22.7. The lowest BCUT2D eigenvalue weighted by atomic mass is 10.1. The number of anilines is 1. The minimum absolute atomic E-state index is 0.361. The predicted octanol–water partition coefficient (Wildman–Crippen LogP) is 4.33. The maximum absolute atomic E-state index is 14.9. The van der Waals surface area contributed by atoms with E-state index in [1.165, 1.54) is 17.2 Å². The Labute approximate surface area is 193 Å². The lowest BCUT2D eigenvalue weighted by molar-refractivity contribution is 0.338. The maximum Gasteiger partial charge on any atom is 0.179 e. The maximum atomic E-state index is 14.9. The smallest absolute Gasteiger partial charge is 0.179 e. The Bertz CT molecular complexity index is 1290. The van der Waals surface area contributed by atoms with Crippen LogP contribution in [-0.2, 0) is 13.1 Å². The molecule has 0 saturated carbocycles. The number of halogens is 1. The van der Waals surface area contributed by atoms with Gasteiger partial charge in [-0.1, -0.05) is 24.3 Å². The van der Waals surface area contributed by atoms with E-state index in [4.69, 9.17) is 9.84 Å². The highest BCUT2D eigenvalue weighted by molar-refractivity contribution is 5.92. The van der Waals surface area contributed by atoms with E-state index in [2.05, 4.69) is 27.6 Å². The van der Waals surface area contributed by atoms with Crippen molar-refractivity contribution < 1.29 is 9.13 Å². The largest absolute Gasteiger partial charge is 0.494 e. The fraction of sp³-hybridized carbons (Fsp3) is 0.320. The average Bonchev–Trinajstić information content (AvgIpc) is 3.13. The summed E-state index contributed by atoms with van der Waals surface area (Å²) in [7, 11) is 3.91. The molecular weight excluding hydrogens is 419 g/mol. The number of nitrogens with one attached hydrogen (secondary N) is 1. The lowest BCUT2D eigenvalue weighted by Gasteiger charge is -2.20. The summed E-state index contributed by atoms with van der Waals surface area (Å²) in [5, 5.41) is 17.7. The van der Waals surface area contributed by atoms with Crippen molar-refractivity contribution in [2.75, 3.05) is 25.6 Å². The molecule has 172 valence electrons. The van der Waals surface area contributed by atoms with Crippen LogP contribution in [0.25, 0.3) is 16.6 Å². The number of aryl methyl sites for hydroxylation is 2. The van der Waals surface area contributed by atoms with Crippen LogP contribution in [0.3, 0.4) is 0 Å². The van der Waals surface area contributed by atoms with Crippen molar-refractivity contribution in [3.8, 4) is 11.4 Å². The Balaban J connectivity index is 1.77. The van der Waals surface area contributed by atoms with Crippen molar-refractivity contribution in [2.24, 2.45) is 0 Å². The van der Waals surface area contributed by atoms with Crippen LogP contribution in [0.4, 0.5) is 10.2 Å². The van der Waals surface area contributed by atoms with Gasteiger partial charge in [-0.05, 0) is 51.1 Å². The second kappa shape index (κ2) is 9.54. The van der Waals surface area contributed by atoms with E-state index in [0.717, 1.165) is 23.3 Å². The highest BCUT2D eigenvalue weighted by atomic mass is 19.1. The number of rotatable bonds is 8. The van der Waals surface area contributed by atoms with Crippen molar-refractivity contribution in [1.82, 2.24) is 25.3 Å².